The average Bonchev–Trinajstić information content (AvgIpc) is 2.97. The van der Waals surface area contributed by atoms with Gasteiger partial charge in [-0.2, -0.15) is 0 Å². The summed E-state index contributed by atoms with van der Waals surface area (Å²) in [6, 6.07) is 33.3. The van der Waals surface area contributed by atoms with E-state index in [0.717, 1.165) is 38.8 Å². The number of hydrogen-bond donors (Lipinski definition) is 2. The van der Waals surface area contributed by atoms with Crippen molar-refractivity contribution in [2.24, 2.45) is 0 Å². The van der Waals surface area contributed by atoms with Gasteiger partial charge in [-0.3, -0.25) is 4.90 Å². The minimum atomic E-state index is -0.733. The zero-order valence-corrected chi connectivity index (χ0v) is 29.1. The van der Waals surface area contributed by atoms with Crippen molar-refractivity contribution >= 4 is 44.3 Å². The smallest absolute Gasteiger partial charge is 0.198 e. The zero-order valence-electron chi connectivity index (χ0n) is 25.2. The first-order chi connectivity index (χ1) is 20.1. The Hall–Kier alpha value is -2.35. The van der Waals surface area contributed by atoms with E-state index in [-0.39, 0.29) is 24.2 Å². The SMILES string of the molecule is CC(C)N(CCC(c1ccccc1)c1cc(Br)ccc1O)C(C)C.Cl.OC1CC(c2ccccc2)c2cc(Br)ccc2O1. The number of fused-ring (bicyclic) bond motifs is 1. The van der Waals surface area contributed by atoms with Crippen LogP contribution in [0.5, 0.6) is 11.5 Å². The van der Waals surface area contributed by atoms with Crippen LogP contribution in [0.3, 0.4) is 0 Å². The molecule has 0 saturated heterocycles. The van der Waals surface area contributed by atoms with Crippen LogP contribution in [-0.2, 0) is 0 Å². The lowest BCUT2D eigenvalue weighted by Crippen LogP contribution is -2.38. The molecule has 4 aromatic carbocycles. The second-order valence-electron chi connectivity index (χ2n) is 11.3. The highest BCUT2D eigenvalue weighted by Crippen LogP contribution is 2.41. The molecular formula is C36H42Br2ClNO3. The number of ether oxygens (including phenoxy) is 1. The lowest BCUT2D eigenvalue weighted by atomic mass is 9.86. The molecule has 5 rings (SSSR count). The predicted octanol–water partition coefficient (Wildman–Crippen LogP) is 9.90. The second kappa shape index (κ2) is 16.6. The molecule has 0 aromatic heterocycles. The molecule has 0 bridgehead atoms. The zero-order chi connectivity index (χ0) is 30.2. The molecule has 3 unspecified atom stereocenters. The maximum absolute atomic E-state index is 10.4. The summed E-state index contributed by atoms with van der Waals surface area (Å²) >= 11 is 7.03. The summed E-state index contributed by atoms with van der Waals surface area (Å²) in [6.07, 6.45) is 0.835. The maximum atomic E-state index is 10.4. The average molecular weight is 732 g/mol. The van der Waals surface area contributed by atoms with Gasteiger partial charge in [-0.05, 0) is 88.2 Å². The standard InChI is InChI=1S/C21H28BrNO.C15H13BrO2.ClH/c1-15(2)23(16(3)4)13-12-19(17-8-6-5-7-9-17)20-14-18(22)10-11-21(20)24;16-11-6-7-14-13(8-11)12(9-15(17)18-14)10-4-2-1-3-5-10;/h5-11,14-16,19,24H,12-13H2,1-4H3;1-8,12,15,17H,9H2;1H. The largest absolute Gasteiger partial charge is 0.508 e. The minimum absolute atomic E-state index is 0. The Labute approximate surface area is 279 Å². The third-order valence-electron chi connectivity index (χ3n) is 7.82. The van der Waals surface area contributed by atoms with Gasteiger partial charge in [0.1, 0.15) is 11.5 Å². The summed E-state index contributed by atoms with van der Waals surface area (Å²) in [5, 5.41) is 20.2. The van der Waals surface area contributed by atoms with E-state index in [9.17, 15) is 10.2 Å². The molecule has 1 aliphatic rings. The molecule has 3 atom stereocenters. The molecule has 0 radical (unpaired) electrons. The number of aliphatic hydroxyl groups excluding tert-OH is 1. The maximum Gasteiger partial charge on any atom is 0.198 e. The number of aromatic hydroxyl groups is 1. The number of rotatable bonds is 8. The molecule has 0 saturated carbocycles. The Morgan fingerprint density at radius 1 is 0.814 bits per heavy atom. The molecule has 1 aliphatic heterocycles. The van der Waals surface area contributed by atoms with Crippen LogP contribution in [0.4, 0.5) is 0 Å². The third-order valence-corrected chi connectivity index (χ3v) is 8.81. The van der Waals surface area contributed by atoms with E-state index in [1.807, 2.05) is 48.5 Å². The van der Waals surface area contributed by atoms with E-state index in [0.29, 0.717) is 24.3 Å². The van der Waals surface area contributed by atoms with Crippen LogP contribution in [0.2, 0.25) is 0 Å². The van der Waals surface area contributed by atoms with Crippen LogP contribution in [0.15, 0.2) is 106 Å². The van der Waals surface area contributed by atoms with Crippen LogP contribution in [-0.4, -0.2) is 40.0 Å². The fourth-order valence-corrected chi connectivity index (χ4v) is 6.56. The van der Waals surface area contributed by atoms with Gasteiger partial charge < -0.3 is 14.9 Å². The number of phenolic OH excluding ortho intramolecular Hbond substituents is 1. The highest BCUT2D eigenvalue weighted by Gasteiger charge is 2.28. The Morgan fingerprint density at radius 2 is 1.40 bits per heavy atom. The van der Waals surface area contributed by atoms with Gasteiger partial charge in [0.2, 0.25) is 0 Å². The van der Waals surface area contributed by atoms with Gasteiger partial charge in [-0.15, -0.1) is 12.4 Å². The quantitative estimate of drug-likeness (QED) is 0.190. The monoisotopic (exact) mass is 729 g/mol. The minimum Gasteiger partial charge on any atom is -0.508 e. The van der Waals surface area contributed by atoms with Crippen LogP contribution in [0.25, 0.3) is 0 Å². The highest BCUT2D eigenvalue weighted by molar-refractivity contribution is 9.10. The molecule has 43 heavy (non-hydrogen) atoms. The Balaban J connectivity index is 0.000000238. The summed E-state index contributed by atoms with van der Waals surface area (Å²) < 4.78 is 7.50. The van der Waals surface area contributed by atoms with Gasteiger partial charge in [0.25, 0.3) is 0 Å². The molecule has 0 spiro atoms. The Morgan fingerprint density at radius 3 is 2.02 bits per heavy atom. The van der Waals surface area contributed by atoms with Crippen LogP contribution >= 0.6 is 44.3 Å². The van der Waals surface area contributed by atoms with Gasteiger partial charge in [-0.25, -0.2) is 0 Å². The molecular weight excluding hydrogens is 690 g/mol. The number of benzene rings is 4. The first-order valence-corrected chi connectivity index (χ1v) is 16.2. The van der Waals surface area contributed by atoms with Crippen molar-refractivity contribution in [1.82, 2.24) is 4.90 Å². The van der Waals surface area contributed by atoms with Crippen LogP contribution in [0, 0.1) is 0 Å². The molecule has 2 N–H and O–H groups in total. The van der Waals surface area contributed by atoms with E-state index in [1.54, 1.807) is 6.07 Å². The van der Waals surface area contributed by atoms with E-state index < -0.39 is 6.29 Å². The van der Waals surface area contributed by atoms with E-state index in [1.165, 1.54) is 11.1 Å². The van der Waals surface area contributed by atoms with Gasteiger partial charge in [0.05, 0.1) is 0 Å². The van der Waals surface area contributed by atoms with E-state index in [4.69, 9.17) is 4.74 Å². The van der Waals surface area contributed by atoms with Crippen molar-refractivity contribution in [3.8, 4) is 11.5 Å². The van der Waals surface area contributed by atoms with Gasteiger partial charge in [0, 0.05) is 50.4 Å². The van der Waals surface area contributed by atoms with Crippen LogP contribution < -0.4 is 4.74 Å². The normalized spacial score (nSPS) is 16.5. The van der Waals surface area contributed by atoms with Gasteiger partial charge >= 0.3 is 0 Å². The topological polar surface area (TPSA) is 52.9 Å². The van der Waals surface area contributed by atoms with Gasteiger partial charge in [0.15, 0.2) is 6.29 Å². The summed E-state index contributed by atoms with van der Waals surface area (Å²) in [7, 11) is 0. The summed E-state index contributed by atoms with van der Waals surface area (Å²) in [6.45, 7) is 9.98. The van der Waals surface area contributed by atoms with Gasteiger partial charge in [-0.1, -0.05) is 92.5 Å². The third kappa shape index (κ3) is 9.57. The van der Waals surface area contributed by atoms with E-state index >= 15 is 0 Å². The molecule has 4 nitrogen and oxygen atoms in total. The van der Waals surface area contributed by atoms with E-state index in [2.05, 4.69) is 107 Å². The fraction of sp³-hybridized carbons (Fsp3) is 0.333. The first-order valence-electron chi connectivity index (χ1n) is 14.6. The van der Waals surface area contributed by atoms with Crippen LogP contribution in [0.1, 0.15) is 74.6 Å². The van der Waals surface area contributed by atoms with Crippen molar-refractivity contribution in [3.63, 3.8) is 0 Å². The Kier molecular flexibility index (Phi) is 13.6. The lowest BCUT2D eigenvalue weighted by Gasteiger charge is -2.32. The highest BCUT2D eigenvalue weighted by atomic mass is 79.9. The summed E-state index contributed by atoms with van der Waals surface area (Å²) in [5.41, 5.74) is 4.57. The number of halogens is 3. The predicted molar refractivity (Wildman–Crippen MR) is 187 cm³/mol. The first kappa shape index (κ1) is 35.1. The lowest BCUT2D eigenvalue weighted by molar-refractivity contribution is -0.0359. The summed E-state index contributed by atoms with van der Waals surface area (Å²) in [4.78, 5) is 2.50. The summed E-state index contributed by atoms with van der Waals surface area (Å²) in [5.74, 6) is 1.50. The number of phenols is 1. The Bertz CT molecular complexity index is 1410. The second-order valence-corrected chi connectivity index (χ2v) is 13.2. The van der Waals surface area contributed by atoms with Crippen molar-refractivity contribution in [1.29, 1.82) is 0 Å². The van der Waals surface area contributed by atoms with Crippen molar-refractivity contribution in [2.75, 3.05) is 6.54 Å². The molecule has 230 valence electrons. The molecule has 0 aliphatic carbocycles. The number of hydrogen-bond acceptors (Lipinski definition) is 4. The molecule has 0 amide bonds. The van der Waals surface area contributed by atoms with Crippen molar-refractivity contribution in [2.45, 2.75) is 70.7 Å². The molecule has 7 heteroatoms. The number of nitrogens with zero attached hydrogens (tertiary/aromatic N) is 1. The molecule has 4 aromatic rings. The van der Waals surface area contributed by atoms with Crippen molar-refractivity contribution < 1.29 is 14.9 Å². The molecule has 0 fully saturated rings. The fourth-order valence-electron chi connectivity index (χ4n) is 5.81. The van der Waals surface area contributed by atoms with Crippen molar-refractivity contribution in [3.05, 3.63) is 128 Å². The molecule has 1 heterocycles. The number of aliphatic hydroxyl groups is 1.